The maximum absolute atomic E-state index is 11.6. The molecule has 1 atom stereocenters. The van der Waals surface area contributed by atoms with E-state index >= 15 is 0 Å². The fraction of sp³-hybridized carbons (Fsp3) is 0.500. The Labute approximate surface area is 119 Å². The molecule has 1 rings (SSSR count). The van der Waals surface area contributed by atoms with E-state index in [9.17, 15) is 4.79 Å². The number of urea groups is 1. The predicted molar refractivity (Wildman–Crippen MR) is 76.4 cm³/mol. The van der Waals surface area contributed by atoms with Crippen molar-refractivity contribution in [2.45, 2.75) is 13.0 Å². The highest BCUT2D eigenvalue weighted by atomic mass is 16.5. The van der Waals surface area contributed by atoms with Crippen molar-refractivity contribution >= 4 is 6.03 Å². The van der Waals surface area contributed by atoms with Gasteiger partial charge in [0.05, 0.1) is 26.9 Å². The minimum Gasteiger partial charge on any atom is -0.493 e. The smallest absolute Gasteiger partial charge is 0.315 e. The van der Waals surface area contributed by atoms with E-state index in [0.717, 1.165) is 5.56 Å². The summed E-state index contributed by atoms with van der Waals surface area (Å²) >= 11 is 0. The van der Waals surface area contributed by atoms with Crippen molar-refractivity contribution in [2.24, 2.45) is 0 Å². The molecule has 2 N–H and O–H groups in total. The van der Waals surface area contributed by atoms with Gasteiger partial charge < -0.3 is 24.8 Å². The van der Waals surface area contributed by atoms with Gasteiger partial charge in [-0.3, -0.25) is 0 Å². The van der Waals surface area contributed by atoms with Crippen molar-refractivity contribution in [3.8, 4) is 11.5 Å². The highest BCUT2D eigenvalue weighted by Crippen LogP contribution is 2.29. The second-order valence-corrected chi connectivity index (χ2v) is 4.23. The van der Waals surface area contributed by atoms with Gasteiger partial charge in [-0.1, -0.05) is 6.07 Å². The Balaban J connectivity index is 2.63. The molecule has 0 bridgehead atoms. The Hall–Kier alpha value is -1.95. The van der Waals surface area contributed by atoms with Gasteiger partial charge in [-0.05, 0) is 24.6 Å². The van der Waals surface area contributed by atoms with Gasteiger partial charge in [0.25, 0.3) is 0 Å². The van der Waals surface area contributed by atoms with Crippen molar-refractivity contribution < 1.29 is 19.0 Å². The molecular formula is C14H22N2O4. The number of nitrogens with one attached hydrogen (secondary N) is 2. The molecule has 0 aliphatic heterocycles. The van der Waals surface area contributed by atoms with Crippen LogP contribution in [0.2, 0.25) is 0 Å². The molecule has 112 valence electrons. The van der Waals surface area contributed by atoms with E-state index in [1.54, 1.807) is 21.3 Å². The summed E-state index contributed by atoms with van der Waals surface area (Å²) in [6.07, 6.45) is 0. The van der Waals surface area contributed by atoms with Crippen LogP contribution in [0.5, 0.6) is 11.5 Å². The van der Waals surface area contributed by atoms with Gasteiger partial charge in [-0.15, -0.1) is 0 Å². The first-order valence-electron chi connectivity index (χ1n) is 6.37. The molecule has 0 saturated carbocycles. The highest BCUT2D eigenvalue weighted by molar-refractivity contribution is 5.74. The number of carbonyl (C=O) groups is 1. The Morgan fingerprint density at radius 2 is 1.90 bits per heavy atom. The summed E-state index contributed by atoms with van der Waals surface area (Å²) in [5, 5.41) is 5.55. The predicted octanol–water partition coefficient (Wildman–Crippen LogP) is 1.71. The van der Waals surface area contributed by atoms with Gasteiger partial charge in [0.2, 0.25) is 0 Å². The van der Waals surface area contributed by atoms with Crippen molar-refractivity contribution in [1.29, 1.82) is 0 Å². The molecule has 0 saturated heterocycles. The number of methoxy groups -OCH3 is 3. The molecule has 0 aliphatic rings. The summed E-state index contributed by atoms with van der Waals surface area (Å²) in [6.45, 7) is 2.86. The van der Waals surface area contributed by atoms with Crippen LogP contribution in [-0.2, 0) is 4.74 Å². The fourth-order valence-electron chi connectivity index (χ4n) is 1.72. The van der Waals surface area contributed by atoms with Crippen LogP contribution in [0.1, 0.15) is 18.5 Å². The molecular weight excluding hydrogens is 260 g/mol. The Morgan fingerprint density at radius 1 is 1.20 bits per heavy atom. The average molecular weight is 282 g/mol. The quantitative estimate of drug-likeness (QED) is 0.747. The molecule has 6 nitrogen and oxygen atoms in total. The lowest BCUT2D eigenvalue weighted by molar-refractivity contribution is 0.195. The average Bonchev–Trinajstić information content (AvgIpc) is 2.46. The van der Waals surface area contributed by atoms with Crippen molar-refractivity contribution in [3.05, 3.63) is 23.8 Å². The zero-order valence-electron chi connectivity index (χ0n) is 12.4. The van der Waals surface area contributed by atoms with Gasteiger partial charge in [-0.2, -0.15) is 0 Å². The number of hydrogen-bond acceptors (Lipinski definition) is 4. The van der Waals surface area contributed by atoms with Crippen LogP contribution in [0.25, 0.3) is 0 Å². The first kappa shape index (κ1) is 16.1. The minimum absolute atomic E-state index is 0.141. The lowest BCUT2D eigenvalue weighted by Gasteiger charge is -2.17. The van der Waals surface area contributed by atoms with Gasteiger partial charge >= 0.3 is 6.03 Å². The maximum atomic E-state index is 11.6. The molecule has 0 aromatic heterocycles. The molecule has 2 amide bonds. The fourth-order valence-corrected chi connectivity index (χ4v) is 1.72. The first-order chi connectivity index (χ1) is 9.62. The standard InChI is InChI=1S/C14H22N2O4/c1-10(16-14(17)15-7-8-18-2)11-5-6-12(19-3)13(9-11)20-4/h5-6,9-10H,7-8H2,1-4H3,(H2,15,16,17). The van der Waals surface area contributed by atoms with E-state index in [4.69, 9.17) is 14.2 Å². The number of rotatable bonds is 7. The zero-order chi connectivity index (χ0) is 15.0. The molecule has 1 aromatic carbocycles. The summed E-state index contributed by atoms with van der Waals surface area (Å²) in [6, 6.07) is 5.18. The van der Waals surface area contributed by atoms with E-state index in [1.807, 2.05) is 25.1 Å². The summed E-state index contributed by atoms with van der Waals surface area (Å²) < 4.78 is 15.3. The number of ether oxygens (including phenoxy) is 3. The lowest BCUT2D eigenvalue weighted by Crippen LogP contribution is -2.38. The zero-order valence-corrected chi connectivity index (χ0v) is 12.4. The largest absolute Gasteiger partial charge is 0.493 e. The summed E-state index contributed by atoms with van der Waals surface area (Å²) in [5.74, 6) is 1.30. The van der Waals surface area contributed by atoms with Gasteiger partial charge in [0.1, 0.15) is 0 Å². The summed E-state index contributed by atoms with van der Waals surface area (Å²) in [5.41, 5.74) is 0.935. The molecule has 0 fully saturated rings. The van der Waals surface area contributed by atoms with E-state index in [0.29, 0.717) is 24.7 Å². The van der Waals surface area contributed by atoms with Crippen molar-refractivity contribution in [2.75, 3.05) is 34.5 Å². The molecule has 1 unspecified atom stereocenters. The SMILES string of the molecule is COCCNC(=O)NC(C)c1ccc(OC)c(OC)c1. The Kier molecular flexibility index (Phi) is 6.66. The van der Waals surface area contributed by atoms with Crippen LogP contribution >= 0.6 is 0 Å². The molecule has 6 heteroatoms. The van der Waals surface area contributed by atoms with Gasteiger partial charge in [-0.25, -0.2) is 4.79 Å². The van der Waals surface area contributed by atoms with Gasteiger partial charge in [0.15, 0.2) is 11.5 Å². The van der Waals surface area contributed by atoms with E-state index in [1.165, 1.54) is 0 Å². The highest BCUT2D eigenvalue weighted by Gasteiger charge is 2.12. The van der Waals surface area contributed by atoms with Crippen LogP contribution in [0.4, 0.5) is 4.79 Å². The lowest BCUT2D eigenvalue weighted by atomic mass is 10.1. The third-order valence-electron chi connectivity index (χ3n) is 2.85. The van der Waals surface area contributed by atoms with Gasteiger partial charge in [0, 0.05) is 13.7 Å². The second kappa shape index (κ2) is 8.27. The summed E-state index contributed by atoms with van der Waals surface area (Å²) in [4.78, 5) is 11.6. The molecule has 20 heavy (non-hydrogen) atoms. The molecule has 0 aliphatic carbocycles. The van der Waals surface area contributed by atoms with Crippen molar-refractivity contribution in [1.82, 2.24) is 10.6 Å². The molecule has 1 aromatic rings. The first-order valence-corrected chi connectivity index (χ1v) is 6.37. The molecule has 0 heterocycles. The number of amides is 2. The monoisotopic (exact) mass is 282 g/mol. The number of hydrogen-bond donors (Lipinski definition) is 2. The number of benzene rings is 1. The van der Waals surface area contributed by atoms with Crippen LogP contribution < -0.4 is 20.1 Å². The van der Waals surface area contributed by atoms with Crippen LogP contribution in [0.3, 0.4) is 0 Å². The third-order valence-corrected chi connectivity index (χ3v) is 2.85. The number of carbonyl (C=O) groups excluding carboxylic acids is 1. The maximum Gasteiger partial charge on any atom is 0.315 e. The summed E-state index contributed by atoms with van der Waals surface area (Å²) in [7, 11) is 4.76. The second-order valence-electron chi connectivity index (χ2n) is 4.23. The van der Waals surface area contributed by atoms with E-state index < -0.39 is 0 Å². The normalized spacial score (nSPS) is 11.6. The topological polar surface area (TPSA) is 68.8 Å². The minimum atomic E-state index is -0.232. The van der Waals surface area contributed by atoms with Crippen molar-refractivity contribution in [3.63, 3.8) is 0 Å². The Bertz CT molecular complexity index is 437. The van der Waals surface area contributed by atoms with E-state index in [2.05, 4.69) is 10.6 Å². The van der Waals surface area contributed by atoms with Crippen LogP contribution in [0.15, 0.2) is 18.2 Å². The molecule has 0 radical (unpaired) electrons. The third kappa shape index (κ3) is 4.62. The molecule has 0 spiro atoms. The Morgan fingerprint density at radius 3 is 2.50 bits per heavy atom. The van der Waals surface area contributed by atoms with E-state index in [-0.39, 0.29) is 12.1 Å². The van der Waals surface area contributed by atoms with Crippen LogP contribution in [0, 0.1) is 0 Å². The van der Waals surface area contributed by atoms with Crippen LogP contribution in [-0.4, -0.2) is 40.5 Å².